The Hall–Kier alpha value is -2.08. The molecule has 0 amide bonds. The molecule has 18 heavy (non-hydrogen) atoms. The number of anilines is 1. The van der Waals surface area contributed by atoms with E-state index in [2.05, 4.69) is 15.0 Å². The van der Waals surface area contributed by atoms with Crippen LogP contribution >= 0.6 is 17.0 Å². The number of halogens is 1. The first kappa shape index (κ1) is 12.4. The van der Waals surface area contributed by atoms with Crippen LogP contribution in [0.1, 0.15) is 16.1 Å². The summed E-state index contributed by atoms with van der Waals surface area (Å²) in [5, 5.41) is 0. The lowest BCUT2D eigenvalue weighted by atomic mass is 10.1. The Kier molecular flexibility index (Phi) is 3.20. The van der Waals surface area contributed by atoms with Crippen LogP contribution in [0.5, 0.6) is 0 Å². The number of fused-ring (bicyclic) bond motifs is 1. The second-order valence-corrected chi connectivity index (χ2v) is 3.77. The minimum Gasteiger partial charge on any atom is -0.369 e. The van der Waals surface area contributed by atoms with E-state index in [0.717, 1.165) is 5.52 Å². The third-order valence-corrected chi connectivity index (χ3v) is 2.61. The van der Waals surface area contributed by atoms with Crippen LogP contribution in [0.2, 0.25) is 0 Å². The molecule has 1 aromatic carbocycles. The quantitative estimate of drug-likeness (QED) is 0.635. The molecule has 0 saturated carbocycles. The van der Waals surface area contributed by atoms with Gasteiger partial charge >= 0.3 is 0 Å². The molecular formula is C12H11BrN4O. The molecule has 4 N–H and O–H groups in total. The summed E-state index contributed by atoms with van der Waals surface area (Å²) >= 11 is 0. The zero-order valence-corrected chi connectivity index (χ0v) is 11.0. The van der Waals surface area contributed by atoms with Crippen molar-refractivity contribution in [3.05, 3.63) is 47.8 Å². The molecule has 92 valence electrons. The molecule has 0 radical (unpaired) electrons. The molecule has 0 atom stereocenters. The molecule has 6 heteroatoms. The molecule has 0 aliphatic rings. The molecule has 0 aliphatic heterocycles. The van der Waals surface area contributed by atoms with Crippen molar-refractivity contribution in [2.24, 2.45) is 0 Å². The van der Waals surface area contributed by atoms with Gasteiger partial charge in [-0.05, 0) is 30.3 Å². The maximum atomic E-state index is 12.1. The number of carbonyl (C=O) groups is 1. The van der Waals surface area contributed by atoms with Crippen molar-refractivity contribution in [1.29, 1.82) is 0 Å². The molecule has 5 nitrogen and oxygen atoms in total. The van der Waals surface area contributed by atoms with E-state index in [-0.39, 0.29) is 22.8 Å². The van der Waals surface area contributed by atoms with Gasteiger partial charge in [-0.3, -0.25) is 4.79 Å². The van der Waals surface area contributed by atoms with E-state index >= 15 is 0 Å². The van der Waals surface area contributed by atoms with Crippen LogP contribution in [-0.2, 0) is 0 Å². The molecule has 0 unspecified atom stereocenters. The number of rotatable bonds is 2. The first-order valence-electron chi connectivity index (χ1n) is 5.17. The first-order valence-corrected chi connectivity index (χ1v) is 5.17. The van der Waals surface area contributed by atoms with Crippen LogP contribution in [-0.4, -0.2) is 20.7 Å². The van der Waals surface area contributed by atoms with Gasteiger partial charge in [0, 0.05) is 11.8 Å². The zero-order valence-electron chi connectivity index (χ0n) is 9.31. The number of hydrogen-bond donors (Lipinski definition) is 3. The molecule has 0 bridgehead atoms. The molecule has 0 aliphatic carbocycles. The molecular weight excluding hydrogens is 296 g/mol. The van der Waals surface area contributed by atoms with E-state index in [1.54, 1.807) is 36.5 Å². The third-order valence-electron chi connectivity index (χ3n) is 2.61. The number of nitrogens with zero attached hydrogens (tertiary/aromatic N) is 1. The topological polar surface area (TPSA) is 87.6 Å². The van der Waals surface area contributed by atoms with Crippen LogP contribution in [0, 0.1) is 0 Å². The van der Waals surface area contributed by atoms with Crippen molar-refractivity contribution < 1.29 is 4.79 Å². The maximum absolute atomic E-state index is 12.1. The fourth-order valence-electron chi connectivity index (χ4n) is 1.79. The number of nitrogen functional groups attached to an aromatic ring is 1. The average molecular weight is 307 g/mol. The Morgan fingerprint density at radius 1 is 1.28 bits per heavy atom. The van der Waals surface area contributed by atoms with Gasteiger partial charge in [-0.25, -0.2) is 4.98 Å². The first-order chi connectivity index (χ1) is 8.24. The van der Waals surface area contributed by atoms with Crippen molar-refractivity contribution in [2.45, 2.75) is 0 Å². The summed E-state index contributed by atoms with van der Waals surface area (Å²) in [6.45, 7) is 0. The highest BCUT2D eigenvalue weighted by molar-refractivity contribution is 8.93. The van der Waals surface area contributed by atoms with Gasteiger partial charge in [0.1, 0.15) is 0 Å². The second kappa shape index (κ2) is 4.66. The lowest BCUT2D eigenvalue weighted by Gasteiger charge is -1.98. The van der Waals surface area contributed by atoms with Gasteiger partial charge in [-0.1, -0.05) is 0 Å². The van der Waals surface area contributed by atoms with Gasteiger partial charge in [-0.15, -0.1) is 17.0 Å². The minimum absolute atomic E-state index is 0. The summed E-state index contributed by atoms with van der Waals surface area (Å²) in [6.07, 6.45) is 1.72. The molecule has 2 aromatic heterocycles. The van der Waals surface area contributed by atoms with Crippen molar-refractivity contribution >= 4 is 39.7 Å². The van der Waals surface area contributed by atoms with Crippen LogP contribution < -0.4 is 5.73 Å². The number of ketones is 1. The lowest BCUT2D eigenvalue weighted by molar-refractivity contribution is 0.103. The van der Waals surface area contributed by atoms with Crippen LogP contribution in [0.15, 0.2) is 36.5 Å². The predicted octanol–water partition coefficient (Wildman–Crippen LogP) is 2.28. The summed E-state index contributed by atoms with van der Waals surface area (Å²) in [6, 6.07) is 8.81. The van der Waals surface area contributed by atoms with Crippen LogP contribution in [0.4, 0.5) is 5.95 Å². The summed E-state index contributed by atoms with van der Waals surface area (Å²) in [5.41, 5.74) is 8.22. The van der Waals surface area contributed by atoms with E-state index in [0.29, 0.717) is 22.7 Å². The molecule has 3 aromatic rings. The standard InChI is InChI=1S/C12H10N4O.BrH/c13-12-15-8-4-3-7(6-10(8)16-12)11(17)9-2-1-5-14-9;/h1-6,14H,(H3,13,15,16);1H. The normalized spacial score (nSPS) is 10.2. The number of hydrogen-bond acceptors (Lipinski definition) is 3. The number of aromatic amines is 2. The highest BCUT2D eigenvalue weighted by Gasteiger charge is 2.11. The molecule has 0 fully saturated rings. The largest absolute Gasteiger partial charge is 0.369 e. The Balaban J connectivity index is 0.00000120. The summed E-state index contributed by atoms with van der Waals surface area (Å²) < 4.78 is 0. The highest BCUT2D eigenvalue weighted by Crippen LogP contribution is 2.16. The van der Waals surface area contributed by atoms with Gasteiger partial charge in [0.25, 0.3) is 0 Å². The smallest absolute Gasteiger partial charge is 0.209 e. The summed E-state index contributed by atoms with van der Waals surface area (Å²) in [5.74, 6) is 0.294. The van der Waals surface area contributed by atoms with Gasteiger partial charge in [0.15, 0.2) is 5.95 Å². The Morgan fingerprint density at radius 3 is 2.83 bits per heavy atom. The minimum atomic E-state index is -0.0570. The van der Waals surface area contributed by atoms with Gasteiger partial charge in [-0.2, -0.15) is 0 Å². The number of imidazole rings is 1. The van der Waals surface area contributed by atoms with Crippen molar-refractivity contribution in [3.63, 3.8) is 0 Å². The molecule has 2 heterocycles. The molecule has 3 rings (SSSR count). The maximum Gasteiger partial charge on any atom is 0.209 e. The number of nitrogens with two attached hydrogens (primary N) is 1. The Morgan fingerprint density at radius 2 is 2.11 bits per heavy atom. The number of aromatic nitrogens is 3. The van der Waals surface area contributed by atoms with Gasteiger partial charge in [0.05, 0.1) is 16.7 Å². The van der Waals surface area contributed by atoms with E-state index in [1.165, 1.54) is 0 Å². The van der Waals surface area contributed by atoms with E-state index in [4.69, 9.17) is 5.73 Å². The van der Waals surface area contributed by atoms with Crippen molar-refractivity contribution in [1.82, 2.24) is 15.0 Å². The fourth-order valence-corrected chi connectivity index (χ4v) is 1.79. The fraction of sp³-hybridized carbons (Fsp3) is 0. The summed E-state index contributed by atoms with van der Waals surface area (Å²) in [4.78, 5) is 21.9. The predicted molar refractivity (Wildman–Crippen MR) is 75.1 cm³/mol. The Bertz CT molecular complexity index is 687. The van der Waals surface area contributed by atoms with Crippen LogP contribution in [0.25, 0.3) is 11.0 Å². The lowest BCUT2D eigenvalue weighted by Crippen LogP contribution is -2.01. The van der Waals surface area contributed by atoms with E-state index in [9.17, 15) is 4.79 Å². The SMILES string of the molecule is Br.Nc1nc2cc(C(=O)c3ccc[nH]3)ccc2[nH]1. The number of carbonyl (C=O) groups excluding carboxylic acids is 1. The van der Waals surface area contributed by atoms with Crippen molar-refractivity contribution in [3.8, 4) is 0 Å². The Labute approximate surface area is 113 Å². The van der Waals surface area contributed by atoms with Gasteiger partial charge in [0.2, 0.25) is 5.78 Å². The highest BCUT2D eigenvalue weighted by atomic mass is 79.9. The second-order valence-electron chi connectivity index (χ2n) is 3.77. The third kappa shape index (κ3) is 2.02. The zero-order chi connectivity index (χ0) is 11.8. The van der Waals surface area contributed by atoms with E-state index < -0.39 is 0 Å². The van der Waals surface area contributed by atoms with Crippen LogP contribution in [0.3, 0.4) is 0 Å². The molecule has 0 saturated heterocycles. The number of nitrogens with one attached hydrogen (secondary N) is 2. The number of benzene rings is 1. The molecule has 0 spiro atoms. The summed E-state index contributed by atoms with van der Waals surface area (Å²) in [7, 11) is 0. The van der Waals surface area contributed by atoms with E-state index in [1.807, 2.05) is 0 Å². The van der Waals surface area contributed by atoms with Crippen molar-refractivity contribution in [2.75, 3.05) is 5.73 Å². The van der Waals surface area contributed by atoms with Gasteiger partial charge < -0.3 is 15.7 Å². The monoisotopic (exact) mass is 306 g/mol. The number of H-pyrrole nitrogens is 2. The average Bonchev–Trinajstić information content (AvgIpc) is 2.94.